The van der Waals surface area contributed by atoms with Crippen molar-refractivity contribution < 1.29 is 13.2 Å². The van der Waals surface area contributed by atoms with E-state index in [0.717, 1.165) is 0 Å². The van der Waals surface area contributed by atoms with Gasteiger partial charge >= 0.3 is 0 Å². The van der Waals surface area contributed by atoms with Crippen molar-refractivity contribution >= 4 is 38.9 Å². The van der Waals surface area contributed by atoms with Gasteiger partial charge in [-0.05, 0) is 26.0 Å². The maximum Gasteiger partial charge on any atom is 0.256 e. The summed E-state index contributed by atoms with van der Waals surface area (Å²) in [5.41, 5.74) is 0.0477. The number of carbonyl (C=O) groups excluding carboxylic acids is 1. The second kappa shape index (κ2) is 6.78. The van der Waals surface area contributed by atoms with Crippen LogP contribution in [0.2, 0.25) is 10.0 Å². The minimum atomic E-state index is -3.50. The Morgan fingerprint density at radius 3 is 2.15 bits per heavy atom. The van der Waals surface area contributed by atoms with E-state index in [1.165, 1.54) is 24.0 Å². The SMILES string of the molecule is CCN(CC)C(=O)c1c(Cl)ccc(S(=O)(=O)CC)c1Cl. The molecule has 1 rings (SSSR count). The van der Waals surface area contributed by atoms with Crippen molar-refractivity contribution in [3.05, 3.63) is 27.7 Å². The first-order valence-electron chi connectivity index (χ1n) is 6.30. The molecule has 1 aromatic rings. The maximum absolute atomic E-state index is 12.4. The summed E-state index contributed by atoms with van der Waals surface area (Å²) < 4.78 is 23.9. The predicted octanol–water partition coefficient (Wildman–Crippen LogP) is 3.27. The van der Waals surface area contributed by atoms with Gasteiger partial charge in [0.2, 0.25) is 0 Å². The lowest BCUT2D eigenvalue weighted by Crippen LogP contribution is -2.31. The zero-order valence-corrected chi connectivity index (χ0v) is 13.9. The Labute approximate surface area is 129 Å². The second-order valence-electron chi connectivity index (χ2n) is 4.12. The molecule has 0 aliphatic rings. The highest BCUT2D eigenvalue weighted by Crippen LogP contribution is 2.32. The molecule has 0 radical (unpaired) electrons. The molecule has 0 N–H and O–H groups in total. The van der Waals surface area contributed by atoms with Crippen LogP contribution in [0.1, 0.15) is 31.1 Å². The van der Waals surface area contributed by atoms with Crippen LogP contribution in [-0.4, -0.2) is 38.1 Å². The van der Waals surface area contributed by atoms with Gasteiger partial charge in [0.15, 0.2) is 9.84 Å². The summed E-state index contributed by atoms with van der Waals surface area (Å²) in [6.45, 7) is 6.16. The van der Waals surface area contributed by atoms with Crippen molar-refractivity contribution in [2.24, 2.45) is 0 Å². The molecule has 7 heteroatoms. The summed E-state index contributed by atoms with van der Waals surface area (Å²) in [6.07, 6.45) is 0. The third-order valence-corrected chi connectivity index (χ3v) is 5.63. The van der Waals surface area contributed by atoms with E-state index in [4.69, 9.17) is 23.2 Å². The molecule has 4 nitrogen and oxygen atoms in total. The van der Waals surface area contributed by atoms with E-state index < -0.39 is 9.84 Å². The standard InChI is InChI=1S/C13H17Cl2NO3S/c1-4-16(5-2)13(17)11-9(14)7-8-10(12(11)15)20(18,19)6-3/h7-8H,4-6H2,1-3H3. The number of rotatable bonds is 5. The Hall–Kier alpha value is -0.780. The van der Waals surface area contributed by atoms with Gasteiger partial charge in [0.1, 0.15) is 0 Å². The van der Waals surface area contributed by atoms with Crippen LogP contribution in [0, 0.1) is 0 Å². The Bertz CT molecular complexity index is 610. The Morgan fingerprint density at radius 1 is 1.15 bits per heavy atom. The molecule has 1 amide bonds. The monoisotopic (exact) mass is 337 g/mol. The molecule has 0 heterocycles. The average Bonchev–Trinajstić information content (AvgIpc) is 2.39. The maximum atomic E-state index is 12.4. The Morgan fingerprint density at radius 2 is 1.70 bits per heavy atom. The zero-order valence-electron chi connectivity index (χ0n) is 11.6. The van der Waals surface area contributed by atoms with Gasteiger partial charge in [0, 0.05) is 13.1 Å². The van der Waals surface area contributed by atoms with E-state index in [1.807, 2.05) is 13.8 Å². The molecule has 1 aromatic carbocycles. The fourth-order valence-electron chi connectivity index (χ4n) is 1.79. The van der Waals surface area contributed by atoms with E-state index in [9.17, 15) is 13.2 Å². The van der Waals surface area contributed by atoms with Crippen molar-refractivity contribution in [1.29, 1.82) is 0 Å². The number of halogens is 2. The van der Waals surface area contributed by atoms with E-state index in [-0.39, 0.29) is 32.2 Å². The molecule has 0 spiro atoms. The van der Waals surface area contributed by atoms with Crippen LogP contribution in [0.3, 0.4) is 0 Å². The molecule has 0 aliphatic heterocycles. The third-order valence-electron chi connectivity index (χ3n) is 3.04. The first-order chi connectivity index (χ1) is 9.30. The van der Waals surface area contributed by atoms with Crippen LogP contribution < -0.4 is 0 Å². The van der Waals surface area contributed by atoms with Crippen LogP contribution in [0.25, 0.3) is 0 Å². The smallest absolute Gasteiger partial charge is 0.256 e. The Balaban J connectivity index is 3.49. The minimum Gasteiger partial charge on any atom is -0.339 e. The molecule has 0 fully saturated rings. The van der Waals surface area contributed by atoms with Gasteiger partial charge in [-0.3, -0.25) is 4.79 Å². The van der Waals surface area contributed by atoms with E-state index in [1.54, 1.807) is 0 Å². The molecule has 0 atom stereocenters. The first kappa shape index (κ1) is 17.3. The number of benzene rings is 1. The van der Waals surface area contributed by atoms with E-state index in [2.05, 4.69) is 0 Å². The zero-order chi connectivity index (χ0) is 15.5. The highest BCUT2D eigenvalue weighted by Gasteiger charge is 2.25. The molecule has 0 aromatic heterocycles. The largest absolute Gasteiger partial charge is 0.339 e. The average molecular weight is 338 g/mol. The van der Waals surface area contributed by atoms with Gasteiger partial charge in [-0.1, -0.05) is 30.1 Å². The molecule has 0 bridgehead atoms. The van der Waals surface area contributed by atoms with Gasteiger partial charge in [-0.15, -0.1) is 0 Å². The van der Waals surface area contributed by atoms with Crippen molar-refractivity contribution in [3.63, 3.8) is 0 Å². The van der Waals surface area contributed by atoms with Crippen LogP contribution in [0.5, 0.6) is 0 Å². The highest BCUT2D eigenvalue weighted by atomic mass is 35.5. The van der Waals surface area contributed by atoms with Gasteiger partial charge in [0.05, 0.1) is 26.3 Å². The van der Waals surface area contributed by atoms with Crippen molar-refractivity contribution in [2.75, 3.05) is 18.8 Å². The quantitative estimate of drug-likeness (QED) is 0.828. The third kappa shape index (κ3) is 3.27. The molecule has 20 heavy (non-hydrogen) atoms. The van der Waals surface area contributed by atoms with E-state index >= 15 is 0 Å². The Kier molecular flexibility index (Phi) is 5.86. The lowest BCUT2D eigenvalue weighted by molar-refractivity contribution is 0.0773. The van der Waals surface area contributed by atoms with Gasteiger partial charge in [-0.2, -0.15) is 0 Å². The predicted molar refractivity (Wildman–Crippen MR) is 81.4 cm³/mol. The number of amides is 1. The molecule has 0 unspecified atom stereocenters. The van der Waals surface area contributed by atoms with Crippen LogP contribution in [0.15, 0.2) is 17.0 Å². The normalized spacial score (nSPS) is 11.4. The number of hydrogen-bond donors (Lipinski definition) is 0. The summed E-state index contributed by atoms with van der Waals surface area (Å²) in [5.74, 6) is -0.453. The molecular weight excluding hydrogens is 321 g/mol. The van der Waals surface area contributed by atoms with Crippen LogP contribution in [-0.2, 0) is 9.84 Å². The summed E-state index contributed by atoms with van der Waals surface area (Å²) in [7, 11) is -3.50. The lowest BCUT2D eigenvalue weighted by atomic mass is 10.2. The minimum absolute atomic E-state index is 0.0477. The lowest BCUT2D eigenvalue weighted by Gasteiger charge is -2.20. The van der Waals surface area contributed by atoms with Gasteiger partial charge in [-0.25, -0.2) is 8.42 Å². The van der Waals surface area contributed by atoms with Crippen molar-refractivity contribution in [1.82, 2.24) is 4.90 Å². The number of carbonyl (C=O) groups is 1. The molecule has 0 saturated carbocycles. The summed E-state index contributed by atoms with van der Waals surface area (Å²) >= 11 is 12.1. The first-order valence-corrected chi connectivity index (χ1v) is 8.70. The van der Waals surface area contributed by atoms with Gasteiger partial charge in [0.25, 0.3) is 5.91 Å². The van der Waals surface area contributed by atoms with Crippen LogP contribution >= 0.6 is 23.2 Å². The number of sulfone groups is 1. The van der Waals surface area contributed by atoms with E-state index in [0.29, 0.717) is 13.1 Å². The molecule has 0 saturated heterocycles. The number of nitrogens with zero attached hydrogens (tertiary/aromatic N) is 1. The molecular formula is C13H17Cl2NO3S. The van der Waals surface area contributed by atoms with Crippen molar-refractivity contribution in [2.45, 2.75) is 25.7 Å². The molecule has 112 valence electrons. The topological polar surface area (TPSA) is 54.5 Å². The highest BCUT2D eigenvalue weighted by molar-refractivity contribution is 7.91. The summed E-state index contributed by atoms with van der Waals surface area (Å²) in [5, 5.41) is 0.0539. The molecule has 0 aliphatic carbocycles. The van der Waals surface area contributed by atoms with Gasteiger partial charge < -0.3 is 4.90 Å². The summed E-state index contributed by atoms with van der Waals surface area (Å²) in [4.78, 5) is 13.9. The second-order valence-corrected chi connectivity index (χ2v) is 7.15. The fraction of sp³-hybridized carbons (Fsp3) is 0.462. The number of hydrogen-bond acceptors (Lipinski definition) is 3. The van der Waals surface area contributed by atoms with Crippen LogP contribution in [0.4, 0.5) is 0 Å². The van der Waals surface area contributed by atoms with Crippen molar-refractivity contribution in [3.8, 4) is 0 Å². The summed E-state index contributed by atoms with van der Waals surface area (Å²) in [6, 6.07) is 2.73. The fourth-order valence-corrected chi connectivity index (χ4v) is 3.64.